The van der Waals surface area contributed by atoms with Crippen molar-refractivity contribution in [3.8, 4) is 0 Å². The van der Waals surface area contributed by atoms with Gasteiger partial charge in [-0.2, -0.15) is 0 Å². The van der Waals surface area contributed by atoms with E-state index in [1.165, 1.54) is 30.2 Å². The molecule has 0 aliphatic rings. The second-order valence-electron chi connectivity index (χ2n) is 4.71. The Balaban J connectivity index is 2.39. The summed E-state index contributed by atoms with van der Waals surface area (Å²) in [5.41, 5.74) is 0.709. The summed E-state index contributed by atoms with van der Waals surface area (Å²) >= 11 is 0. The molecule has 0 bridgehead atoms. The molecule has 0 fully saturated rings. The van der Waals surface area contributed by atoms with Gasteiger partial charge >= 0.3 is 5.97 Å². The number of carbonyl (C=O) groups is 3. The number of nitrogens with zero attached hydrogens (tertiary/aromatic N) is 2. The van der Waals surface area contributed by atoms with Crippen molar-refractivity contribution in [1.29, 1.82) is 0 Å². The van der Waals surface area contributed by atoms with Crippen LogP contribution in [-0.4, -0.2) is 52.8 Å². The van der Waals surface area contributed by atoms with E-state index in [0.29, 0.717) is 25.2 Å². The van der Waals surface area contributed by atoms with Crippen molar-refractivity contribution in [1.82, 2.24) is 15.2 Å². The molecule has 1 rings (SSSR count). The van der Waals surface area contributed by atoms with Gasteiger partial charge in [-0.05, 0) is 19.1 Å². The monoisotopic (exact) mass is 293 g/mol. The van der Waals surface area contributed by atoms with E-state index in [2.05, 4.69) is 10.3 Å². The van der Waals surface area contributed by atoms with Crippen molar-refractivity contribution in [2.24, 2.45) is 0 Å². The normalized spacial score (nSPS) is 10.2. The summed E-state index contributed by atoms with van der Waals surface area (Å²) in [6.45, 7) is 2.28. The van der Waals surface area contributed by atoms with E-state index in [1.54, 1.807) is 7.05 Å². The minimum Gasteiger partial charge on any atom is -0.478 e. The molecule has 0 saturated heterocycles. The summed E-state index contributed by atoms with van der Waals surface area (Å²) in [5.74, 6) is -1.11. The van der Waals surface area contributed by atoms with Gasteiger partial charge in [-0.1, -0.05) is 0 Å². The van der Waals surface area contributed by atoms with Crippen molar-refractivity contribution in [3.63, 3.8) is 0 Å². The van der Waals surface area contributed by atoms with Crippen LogP contribution in [0.4, 0.5) is 0 Å². The molecule has 0 aliphatic carbocycles. The predicted molar refractivity (Wildman–Crippen MR) is 75.8 cm³/mol. The maximum Gasteiger partial charge on any atom is 0.335 e. The Kier molecular flexibility index (Phi) is 6.48. The number of aromatic carboxylic acids is 1. The number of aromatic nitrogens is 1. The van der Waals surface area contributed by atoms with Crippen LogP contribution in [0.25, 0.3) is 0 Å². The number of hydrogen-bond acceptors (Lipinski definition) is 5. The summed E-state index contributed by atoms with van der Waals surface area (Å²) in [5, 5.41) is 11.8. The summed E-state index contributed by atoms with van der Waals surface area (Å²) in [4.78, 5) is 38.9. The minimum absolute atomic E-state index is 0.0392. The Morgan fingerprint density at radius 3 is 2.71 bits per heavy atom. The van der Waals surface area contributed by atoms with Crippen LogP contribution in [0.2, 0.25) is 0 Å². The van der Waals surface area contributed by atoms with Gasteiger partial charge in [0.05, 0.1) is 17.8 Å². The first-order valence-corrected chi connectivity index (χ1v) is 6.52. The topological polar surface area (TPSA) is 99.6 Å². The molecule has 0 spiro atoms. The van der Waals surface area contributed by atoms with Crippen molar-refractivity contribution < 1.29 is 19.5 Å². The van der Waals surface area contributed by atoms with Gasteiger partial charge in [0.15, 0.2) is 0 Å². The van der Waals surface area contributed by atoms with E-state index in [-0.39, 0.29) is 23.8 Å². The van der Waals surface area contributed by atoms with Gasteiger partial charge in [-0.3, -0.25) is 14.6 Å². The van der Waals surface area contributed by atoms with Crippen LogP contribution >= 0.6 is 0 Å². The van der Waals surface area contributed by atoms with Crippen LogP contribution in [0.1, 0.15) is 29.4 Å². The SMILES string of the molecule is CC(=O)CCN(C)C(=O)CNCc1cc(C(=O)O)ccn1. The van der Waals surface area contributed by atoms with E-state index >= 15 is 0 Å². The van der Waals surface area contributed by atoms with Crippen LogP contribution < -0.4 is 5.32 Å². The molecule has 0 aliphatic heterocycles. The Hall–Kier alpha value is -2.28. The van der Waals surface area contributed by atoms with Crippen LogP contribution in [-0.2, 0) is 16.1 Å². The van der Waals surface area contributed by atoms with Crippen molar-refractivity contribution in [2.75, 3.05) is 20.1 Å². The Morgan fingerprint density at radius 1 is 1.38 bits per heavy atom. The van der Waals surface area contributed by atoms with E-state index in [0.717, 1.165) is 0 Å². The fourth-order valence-corrected chi connectivity index (χ4v) is 1.59. The molecule has 7 heteroatoms. The Bertz CT molecular complexity index is 531. The first-order chi connectivity index (χ1) is 9.90. The molecule has 21 heavy (non-hydrogen) atoms. The fraction of sp³-hybridized carbons (Fsp3) is 0.429. The molecular formula is C14H19N3O4. The number of rotatable bonds is 8. The molecule has 1 aromatic heterocycles. The zero-order chi connectivity index (χ0) is 15.8. The third kappa shape index (κ3) is 6.13. The van der Waals surface area contributed by atoms with Gasteiger partial charge in [-0.25, -0.2) is 4.79 Å². The summed E-state index contributed by atoms with van der Waals surface area (Å²) < 4.78 is 0. The second kappa shape index (κ2) is 8.11. The largest absolute Gasteiger partial charge is 0.478 e. The molecule has 0 unspecified atom stereocenters. The van der Waals surface area contributed by atoms with Crippen molar-refractivity contribution in [3.05, 3.63) is 29.6 Å². The van der Waals surface area contributed by atoms with E-state index in [9.17, 15) is 14.4 Å². The quantitative estimate of drug-likeness (QED) is 0.715. The third-order valence-electron chi connectivity index (χ3n) is 2.87. The standard InChI is InChI=1S/C14H19N3O4/c1-10(18)4-6-17(2)13(19)9-15-8-12-7-11(14(20)21)3-5-16-12/h3,5,7,15H,4,6,8-9H2,1-2H3,(H,20,21). The summed E-state index contributed by atoms with van der Waals surface area (Å²) in [6, 6.07) is 2.87. The van der Waals surface area contributed by atoms with E-state index < -0.39 is 5.97 Å². The Labute approximate surface area is 123 Å². The first-order valence-electron chi connectivity index (χ1n) is 6.52. The number of ketones is 1. The van der Waals surface area contributed by atoms with E-state index in [4.69, 9.17) is 5.11 Å². The smallest absolute Gasteiger partial charge is 0.335 e. The highest BCUT2D eigenvalue weighted by Crippen LogP contribution is 2.01. The lowest BCUT2D eigenvalue weighted by Crippen LogP contribution is -2.36. The number of Topliss-reactive ketones (excluding diaryl/α,β-unsaturated/α-hetero) is 1. The molecule has 0 saturated carbocycles. The van der Waals surface area contributed by atoms with Gasteiger partial charge < -0.3 is 15.3 Å². The molecular weight excluding hydrogens is 274 g/mol. The lowest BCUT2D eigenvalue weighted by Gasteiger charge is -2.16. The van der Waals surface area contributed by atoms with Gasteiger partial charge in [0, 0.05) is 32.8 Å². The van der Waals surface area contributed by atoms with E-state index in [1.807, 2.05) is 0 Å². The van der Waals surface area contributed by atoms with Crippen molar-refractivity contribution in [2.45, 2.75) is 19.9 Å². The molecule has 1 heterocycles. The zero-order valence-corrected chi connectivity index (χ0v) is 12.1. The number of hydrogen-bond donors (Lipinski definition) is 2. The molecule has 0 radical (unpaired) electrons. The van der Waals surface area contributed by atoms with Gasteiger partial charge in [-0.15, -0.1) is 0 Å². The molecule has 2 N–H and O–H groups in total. The molecule has 1 aromatic rings. The highest BCUT2D eigenvalue weighted by molar-refractivity contribution is 5.87. The maximum atomic E-state index is 11.8. The number of carboxylic acid groups (broad SMARTS) is 1. The number of carbonyl (C=O) groups excluding carboxylic acids is 2. The summed E-state index contributed by atoms with van der Waals surface area (Å²) in [7, 11) is 1.64. The predicted octanol–water partition coefficient (Wildman–Crippen LogP) is 0.307. The number of amides is 1. The first kappa shape index (κ1) is 16.8. The second-order valence-corrected chi connectivity index (χ2v) is 4.71. The third-order valence-corrected chi connectivity index (χ3v) is 2.87. The van der Waals surface area contributed by atoms with Crippen LogP contribution in [0.15, 0.2) is 18.3 Å². The number of likely N-dealkylation sites (N-methyl/N-ethyl adjacent to an activating group) is 1. The average molecular weight is 293 g/mol. The van der Waals surface area contributed by atoms with Gasteiger partial charge in [0.25, 0.3) is 0 Å². The molecule has 0 aromatic carbocycles. The van der Waals surface area contributed by atoms with Gasteiger partial charge in [0.1, 0.15) is 5.78 Å². The highest BCUT2D eigenvalue weighted by atomic mass is 16.4. The van der Waals surface area contributed by atoms with Crippen molar-refractivity contribution >= 4 is 17.7 Å². The summed E-state index contributed by atoms with van der Waals surface area (Å²) in [6.07, 6.45) is 1.76. The highest BCUT2D eigenvalue weighted by Gasteiger charge is 2.09. The lowest BCUT2D eigenvalue weighted by atomic mass is 10.2. The lowest BCUT2D eigenvalue weighted by molar-refractivity contribution is -0.129. The molecule has 114 valence electrons. The molecule has 0 atom stereocenters. The maximum absolute atomic E-state index is 11.8. The molecule has 7 nitrogen and oxygen atoms in total. The fourth-order valence-electron chi connectivity index (χ4n) is 1.59. The Morgan fingerprint density at radius 2 is 2.10 bits per heavy atom. The number of pyridine rings is 1. The minimum atomic E-state index is -1.02. The average Bonchev–Trinajstić information content (AvgIpc) is 2.44. The van der Waals surface area contributed by atoms with Gasteiger partial charge in [0.2, 0.25) is 5.91 Å². The molecule has 1 amide bonds. The number of nitrogens with one attached hydrogen (secondary N) is 1. The van der Waals surface area contributed by atoms with Crippen LogP contribution in [0.3, 0.4) is 0 Å². The zero-order valence-electron chi connectivity index (χ0n) is 12.1. The van der Waals surface area contributed by atoms with Crippen LogP contribution in [0, 0.1) is 0 Å². The number of carboxylic acids is 1. The van der Waals surface area contributed by atoms with Crippen LogP contribution in [0.5, 0.6) is 0 Å².